The largest absolute Gasteiger partial charge is 0.395 e. The summed E-state index contributed by atoms with van der Waals surface area (Å²) >= 11 is 2.06. The Morgan fingerprint density at radius 2 is 2.43 bits per heavy atom. The van der Waals surface area contributed by atoms with E-state index in [0.717, 1.165) is 3.57 Å². The van der Waals surface area contributed by atoms with E-state index in [1.54, 1.807) is 25.5 Å². The maximum atomic E-state index is 11.7. The molecule has 0 spiro atoms. The van der Waals surface area contributed by atoms with E-state index in [0.29, 0.717) is 12.1 Å². The second-order valence-electron chi connectivity index (χ2n) is 2.81. The molecule has 0 saturated heterocycles. The van der Waals surface area contributed by atoms with Crippen molar-refractivity contribution in [1.82, 2.24) is 9.88 Å². The van der Waals surface area contributed by atoms with E-state index in [4.69, 9.17) is 5.11 Å². The van der Waals surface area contributed by atoms with Crippen molar-refractivity contribution in [2.24, 2.45) is 0 Å². The van der Waals surface area contributed by atoms with Crippen LogP contribution in [0, 0.1) is 3.57 Å². The van der Waals surface area contributed by atoms with Crippen molar-refractivity contribution in [2.45, 2.75) is 0 Å². The molecule has 0 aliphatic rings. The maximum absolute atomic E-state index is 11.7. The molecule has 1 heterocycles. The van der Waals surface area contributed by atoms with Crippen molar-refractivity contribution >= 4 is 28.5 Å². The van der Waals surface area contributed by atoms with Crippen LogP contribution in [0.15, 0.2) is 18.5 Å². The highest BCUT2D eigenvalue weighted by Crippen LogP contribution is 2.11. The number of halogens is 1. The van der Waals surface area contributed by atoms with Crippen molar-refractivity contribution < 1.29 is 9.90 Å². The van der Waals surface area contributed by atoms with Gasteiger partial charge in [0.15, 0.2) is 0 Å². The van der Waals surface area contributed by atoms with E-state index in [1.165, 1.54) is 4.90 Å². The van der Waals surface area contributed by atoms with Gasteiger partial charge in [-0.2, -0.15) is 0 Å². The second kappa shape index (κ2) is 5.26. The Hall–Kier alpha value is -0.690. The van der Waals surface area contributed by atoms with Gasteiger partial charge in [0, 0.05) is 29.6 Å². The lowest BCUT2D eigenvalue weighted by molar-refractivity contribution is 0.0766. The lowest BCUT2D eigenvalue weighted by Crippen LogP contribution is -2.30. The Morgan fingerprint density at radius 3 is 3.00 bits per heavy atom. The molecule has 1 aromatic rings. The first-order chi connectivity index (χ1) is 6.66. The number of pyridine rings is 1. The molecule has 76 valence electrons. The normalized spacial score (nSPS) is 9.93. The molecule has 0 aliphatic heterocycles. The maximum Gasteiger partial charge on any atom is 0.254 e. The summed E-state index contributed by atoms with van der Waals surface area (Å²) in [6.45, 7) is 0.321. The summed E-state index contributed by atoms with van der Waals surface area (Å²) in [4.78, 5) is 17.1. The van der Waals surface area contributed by atoms with Gasteiger partial charge in [-0.05, 0) is 28.7 Å². The molecule has 5 heteroatoms. The number of aliphatic hydroxyl groups is 1. The van der Waals surface area contributed by atoms with Gasteiger partial charge in [0.1, 0.15) is 0 Å². The molecule has 1 rings (SSSR count). The van der Waals surface area contributed by atoms with Gasteiger partial charge in [-0.15, -0.1) is 0 Å². The van der Waals surface area contributed by atoms with E-state index >= 15 is 0 Å². The van der Waals surface area contributed by atoms with Crippen LogP contribution in [0.2, 0.25) is 0 Å². The molecule has 1 N–H and O–H groups in total. The van der Waals surface area contributed by atoms with Gasteiger partial charge in [-0.3, -0.25) is 9.78 Å². The molecular formula is C9H11IN2O2. The number of aromatic nitrogens is 1. The SMILES string of the molecule is CN(CCO)C(=O)c1ccncc1I. The molecule has 14 heavy (non-hydrogen) atoms. The van der Waals surface area contributed by atoms with Gasteiger partial charge in [0.05, 0.1) is 12.2 Å². The van der Waals surface area contributed by atoms with Crippen LogP contribution in [-0.4, -0.2) is 41.1 Å². The average molecular weight is 306 g/mol. The summed E-state index contributed by atoms with van der Waals surface area (Å²) in [5, 5.41) is 8.69. The van der Waals surface area contributed by atoms with Gasteiger partial charge in [-0.25, -0.2) is 0 Å². The first-order valence-corrected chi connectivity index (χ1v) is 5.20. The molecule has 1 amide bonds. The van der Waals surface area contributed by atoms with Crippen molar-refractivity contribution in [3.8, 4) is 0 Å². The summed E-state index contributed by atoms with van der Waals surface area (Å²) in [6.07, 6.45) is 3.22. The minimum absolute atomic E-state index is 0.0239. The number of carbonyl (C=O) groups is 1. The van der Waals surface area contributed by atoms with Crippen LogP contribution >= 0.6 is 22.6 Å². The molecule has 0 radical (unpaired) electrons. The number of hydrogen-bond donors (Lipinski definition) is 1. The van der Waals surface area contributed by atoms with Crippen LogP contribution in [0.4, 0.5) is 0 Å². The van der Waals surface area contributed by atoms with E-state index in [9.17, 15) is 4.79 Å². The predicted octanol–water partition coefficient (Wildman–Crippen LogP) is 0.750. The minimum Gasteiger partial charge on any atom is -0.395 e. The predicted molar refractivity (Wildman–Crippen MR) is 61.0 cm³/mol. The number of likely N-dealkylation sites (N-methyl/N-ethyl adjacent to an activating group) is 1. The molecule has 0 atom stereocenters. The molecule has 0 fully saturated rings. The fourth-order valence-corrected chi connectivity index (χ4v) is 1.58. The monoisotopic (exact) mass is 306 g/mol. The zero-order chi connectivity index (χ0) is 10.6. The van der Waals surface area contributed by atoms with Crippen molar-refractivity contribution in [2.75, 3.05) is 20.2 Å². The molecular weight excluding hydrogens is 295 g/mol. The lowest BCUT2D eigenvalue weighted by atomic mass is 10.2. The van der Waals surface area contributed by atoms with Gasteiger partial charge in [0.2, 0.25) is 0 Å². The quantitative estimate of drug-likeness (QED) is 0.839. The molecule has 0 aromatic carbocycles. The number of hydrogen-bond acceptors (Lipinski definition) is 3. The first kappa shape index (κ1) is 11.4. The van der Waals surface area contributed by atoms with Gasteiger partial charge >= 0.3 is 0 Å². The highest BCUT2D eigenvalue weighted by molar-refractivity contribution is 14.1. The van der Waals surface area contributed by atoms with Crippen LogP contribution < -0.4 is 0 Å². The first-order valence-electron chi connectivity index (χ1n) is 4.12. The van der Waals surface area contributed by atoms with Crippen LogP contribution in [0.1, 0.15) is 10.4 Å². The Kier molecular flexibility index (Phi) is 4.27. The summed E-state index contributed by atoms with van der Waals surface area (Å²) in [7, 11) is 1.66. The van der Waals surface area contributed by atoms with Gasteiger partial charge in [0.25, 0.3) is 5.91 Å². The molecule has 0 aliphatic carbocycles. The van der Waals surface area contributed by atoms with E-state index < -0.39 is 0 Å². The third-order valence-electron chi connectivity index (χ3n) is 1.78. The van der Waals surface area contributed by atoms with Crippen molar-refractivity contribution in [3.63, 3.8) is 0 Å². The summed E-state index contributed by atoms with van der Waals surface area (Å²) in [5.41, 5.74) is 0.622. The van der Waals surface area contributed by atoms with Crippen molar-refractivity contribution in [3.05, 3.63) is 27.6 Å². The fourth-order valence-electron chi connectivity index (χ4n) is 1.01. The summed E-state index contributed by atoms with van der Waals surface area (Å²) in [5.74, 6) is -0.0918. The van der Waals surface area contributed by atoms with Crippen LogP contribution in [-0.2, 0) is 0 Å². The third kappa shape index (κ3) is 2.65. The van der Waals surface area contributed by atoms with E-state index in [1.807, 2.05) is 0 Å². The Bertz CT molecular complexity index is 330. The fraction of sp³-hybridized carbons (Fsp3) is 0.333. The minimum atomic E-state index is -0.0918. The molecule has 4 nitrogen and oxygen atoms in total. The zero-order valence-corrected chi connectivity index (χ0v) is 9.93. The van der Waals surface area contributed by atoms with Gasteiger partial charge < -0.3 is 10.0 Å². The van der Waals surface area contributed by atoms with Gasteiger partial charge in [-0.1, -0.05) is 0 Å². The number of rotatable bonds is 3. The molecule has 0 saturated carbocycles. The second-order valence-corrected chi connectivity index (χ2v) is 3.97. The third-order valence-corrected chi connectivity index (χ3v) is 2.64. The van der Waals surface area contributed by atoms with E-state index in [2.05, 4.69) is 27.6 Å². The molecule has 0 unspecified atom stereocenters. The standard InChI is InChI=1S/C9H11IN2O2/c1-12(4-5-13)9(14)7-2-3-11-6-8(7)10/h2-3,6,13H,4-5H2,1H3. The highest BCUT2D eigenvalue weighted by atomic mass is 127. The highest BCUT2D eigenvalue weighted by Gasteiger charge is 2.13. The van der Waals surface area contributed by atoms with Crippen LogP contribution in [0.5, 0.6) is 0 Å². The Balaban J connectivity index is 2.84. The van der Waals surface area contributed by atoms with Crippen LogP contribution in [0.25, 0.3) is 0 Å². The zero-order valence-electron chi connectivity index (χ0n) is 7.77. The lowest BCUT2D eigenvalue weighted by Gasteiger charge is -2.16. The number of amides is 1. The Labute approximate surface area is 96.1 Å². The number of carbonyl (C=O) groups excluding carboxylic acids is 1. The topological polar surface area (TPSA) is 53.4 Å². The molecule has 0 bridgehead atoms. The summed E-state index contributed by atoms with van der Waals surface area (Å²) in [6, 6.07) is 1.68. The average Bonchev–Trinajstić information content (AvgIpc) is 2.18. The van der Waals surface area contributed by atoms with Crippen LogP contribution in [0.3, 0.4) is 0 Å². The van der Waals surface area contributed by atoms with E-state index in [-0.39, 0.29) is 12.5 Å². The number of nitrogens with zero attached hydrogens (tertiary/aromatic N) is 2. The molecule has 1 aromatic heterocycles. The summed E-state index contributed by atoms with van der Waals surface area (Å²) < 4.78 is 0.819. The Morgan fingerprint density at radius 1 is 1.71 bits per heavy atom. The number of aliphatic hydroxyl groups excluding tert-OH is 1. The van der Waals surface area contributed by atoms with Crippen molar-refractivity contribution in [1.29, 1.82) is 0 Å². The smallest absolute Gasteiger partial charge is 0.254 e.